The number of halogens is 3. The molecule has 0 aliphatic rings. The summed E-state index contributed by atoms with van der Waals surface area (Å²) in [5, 5.41) is 10.3. The van der Waals surface area contributed by atoms with E-state index >= 15 is 0 Å². The number of alkyl halides is 3. The van der Waals surface area contributed by atoms with Gasteiger partial charge in [0.1, 0.15) is 17.8 Å². The third kappa shape index (κ3) is 4.90. The molecule has 11 heteroatoms. The van der Waals surface area contributed by atoms with Gasteiger partial charge in [0.2, 0.25) is 0 Å². The number of hydrogen-bond donors (Lipinski definition) is 1. The van der Waals surface area contributed by atoms with Gasteiger partial charge < -0.3 is 14.8 Å². The normalized spacial score (nSPS) is 11.7. The van der Waals surface area contributed by atoms with Gasteiger partial charge in [-0.25, -0.2) is 14.8 Å². The predicted molar refractivity (Wildman–Crippen MR) is 85.9 cm³/mol. The second-order valence-corrected chi connectivity index (χ2v) is 6.07. The lowest BCUT2D eigenvalue weighted by Crippen LogP contribution is -2.37. The maximum absolute atomic E-state index is 12.8. The highest BCUT2D eigenvalue weighted by Gasteiger charge is 2.33. The smallest absolute Gasteiger partial charge is 0.331 e. The van der Waals surface area contributed by atoms with E-state index in [0.717, 1.165) is 6.07 Å². The first-order valence-corrected chi connectivity index (χ1v) is 7.87. The molecule has 26 heavy (non-hydrogen) atoms. The number of rotatable bonds is 5. The summed E-state index contributed by atoms with van der Waals surface area (Å²) < 4.78 is 40.2. The van der Waals surface area contributed by atoms with Crippen LogP contribution in [-0.4, -0.2) is 42.7 Å². The first-order chi connectivity index (χ1) is 12.1. The number of hydrogen-bond acceptors (Lipinski definition) is 5. The van der Waals surface area contributed by atoms with Gasteiger partial charge in [0.25, 0.3) is 0 Å². The van der Waals surface area contributed by atoms with Gasteiger partial charge in [-0.05, 0) is 26.8 Å². The Morgan fingerprint density at radius 2 is 2.04 bits per heavy atom. The highest BCUT2D eigenvalue weighted by molar-refractivity contribution is 5.73. The molecule has 1 N–H and O–H groups in total. The van der Waals surface area contributed by atoms with Crippen molar-refractivity contribution < 1.29 is 18.0 Å². The van der Waals surface area contributed by atoms with Gasteiger partial charge in [-0.1, -0.05) is 0 Å². The molecule has 0 fully saturated rings. The van der Waals surface area contributed by atoms with Crippen molar-refractivity contribution in [2.24, 2.45) is 0 Å². The maximum atomic E-state index is 12.8. The topological polar surface area (TPSA) is 88.8 Å². The number of carbonyl (C=O) groups excluding carboxylic acids is 1. The van der Waals surface area contributed by atoms with Crippen molar-refractivity contribution >= 4 is 6.03 Å². The summed E-state index contributed by atoms with van der Waals surface area (Å²) in [6.45, 7) is 5.34. The Kier molecular flexibility index (Phi) is 5.78. The van der Waals surface area contributed by atoms with E-state index in [9.17, 15) is 18.0 Å². The lowest BCUT2D eigenvalue weighted by molar-refractivity contribution is -0.141. The molecule has 0 aliphatic heterocycles. The van der Waals surface area contributed by atoms with Crippen LogP contribution < -0.4 is 5.32 Å². The average molecular weight is 371 g/mol. The van der Waals surface area contributed by atoms with E-state index in [0.29, 0.717) is 5.82 Å². The zero-order chi connectivity index (χ0) is 19.5. The molecule has 0 spiro atoms. The summed E-state index contributed by atoms with van der Waals surface area (Å²) in [6.07, 6.45) is -2.99. The van der Waals surface area contributed by atoms with E-state index in [1.807, 2.05) is 18.4 Å². The van der Waals surface area contributed by atoms with Crippen molar-refractivity contribution in [2.45, 2.75) is 46.1 Å². The first kappa shape index (κ1) is 19.6. The van der Waals surface area contributed by atoms with Crippen LogP contribution in [0, 0.1) is 6.92 Å². The molecule has 2 amide bonds. The van der Waals surface area contributed by atoms with Crippen LogP contribution in [0.2, 0.25) is 0 Å². The molecule has 0 bridgehead atoms. The molecule has 8 nitrogen and oxygen atoms in total. The molecule has 2 heterocycles. The number of nitrogens with zero attached hydrogens (tertiary/aromatic N) is 6. The number of nitrogens with one attached hydrogen (secondary N) is 1. The maximum Gasteiger partial charge on any atom is 0.433 e. The van der Waals surface area contributed by atoms with Crippen LogP contribution in [0.3, 0.4) is 0 Å². The fourth-order valence-electron chi connectivity index (χ4n) is 2.24. The number of urea groups is 1. The van der Waals surface area contributed by atoms with E-state index in [2.05, 4.69) is 25.5 Å². The standard InChI is InChI=1S/C15H20F3N7O/c1-9(2)25-8-20-23-13(25)7-24(4)14(26)19-6-12-21-10(3)5-11(22-12)15(16,17)18/h5,8-9H,6-7H2,1-4H3,(H,19,26). The molecule has 0 saturated carbocycles. The van der Waals surface area contributed by atoms with Gasteiger partial charge in [-0.3, -0.25) is 0 Å². The van der Waals surface area contributed by atoms with Crippen LogP contribution in [0.15, 0.2) is 12.4 Å². The average Bonchev–Trinajstić information content (AvgIpc) is 2.99. The van der Waals surface area contributed by atoms with Gasteiger partial charge in [0.05, 0.1) is 13.1 Å². The van der Waals surface area contributed by atoms with E-state index in [1.54, 1.807) is 13.4 Å². The Labute approximate surface area is 148 Å². The number of aromatic nitrogens is 5. The molecule has 2 aromatic heterocycles. The molecule has 0 radical (unpaired) electrons. The predicted octanol–water partition coefficient (Wildman–Crippen LogP) is 2.32. The minimum absolute atomic E-state index is 0.107. The molecular formula is C15H20F3N7O. The highest BCUT2D eigenvalue weighted by Crippen LogP contribution is 2.27. The van der Waals surface area contributed by atoms with Crippen molar-refractivity contribution in [2.75, 3.05) is 7.05 Å². The zero-order valence-electron chi connectivity index (χ0n) is 14.9. The summed E-state index contributed by atoms with van der Waals surface area (Å²) in [5.41, 5.74) is -0.859. The molecule has 142 valence electrons. The van der Waals surface area contributed by atoms with Gasteiger partial charge in [-0.15, -0.1) is 10.2 Å². The third-order valence-corrected chi connectivity index (χ3v) is 3.52. The van der Waals surface area contributed by atoms with Crippen LogP contribution in [0.5, 0.6) is 0 Å². The molecule has 0 unspecified atom stereocenters. The van der Waals surface area contributed by atoms with Crippen LogP contribution in [0.4, 0.5) is 18.0 Å². The third-order valence-electron chi connectivity index (χ3n) is 3.52. The molecule has 0 aromatic carbocycles. The van der Waals surface area contributed by atoms with Crippen molar-refractivity contribution in [3.8, 4) is 0 Å². The lowest BCUT2D eigenvalue weighted by Gasteiger charge is -2.19. The van der Waals surface area contributed by atoms with Crippen molar-refractivity contribution in [3.63, 3.8) is 0 Å². The number of aryl methyl sites for hydroxylation is 1. The van der Waals surface area contributed by atoms with Crippen molar-refractivity contribution in [1.29, 1.82) is 0 Å². The molecule has 2 rings (SSSR count). The zero-order valence-corrected chi connectivity index (χ0v) is 14.9. The Morgan fingerprint density at radius 1 is 1.35 bits per heavy atom. The van der Waals surface area contributed by atoms with Gasteiger partial charge in [0.15, 0.2) is 5.82 Å². The van der Waals surface area contributed by atoms with Gasteiger partial charge in [0, 0.05) is 18.8 Å². The second-order valence-electron chi connectivity index (χ2n) is 6.07. The minimum Gasteiger partial charge on any atom is -0.331 e. The van der Waals surface area contributed by atoms with Crippen LogP contribution in [0.25, 0.3) is 0 Å². The van der Waals surface area contributed by atoms with Crippen molar-refractivity contribution in [1.82, 2.24) is 34.9 Å². The van der Waals surface area contributed by atoms with E-state index in [1.165, 1.54) is 11.8 Å². The minimum atomic E-state index is -4.57. The summed E-state index contributed by atoms with van der Waals surface area (Å²) in [5.74, 6) is 0.494. The Bertz CT molecular complexity index is 773. The summed E-state index contributed by atoms with van der Waals surface area (Å²) in [7, 11) is 1.55. The molecule has 0 aliphatic carbocycles. The van der Waals surface area contributed by atoms with E-state index in [4.69, 9.17) is 0 Å². The highest BCUT2D eigenvalue weighted by atomic mass is 19.4. The Hall–Kier alpha value is -2.72. The fourth-order valence-corrected chi connectivity index (χ4v) is 2.24. The van der Waals surface area contributed by atoms with E-state index < -0.39 is 17.9 Å². The van der Waals surface area contributed by atoms with Crippen molar-refractivity contribution in [3.05, 3.63) is 35.4 Å². The van der Waals surface area contributed by atoms with Crippen LogP contribution in [0.1, 0.15) is 42.9 Å². The number of carbonyl (C=O) groups is 1. The van der Waals surface area contributed by atoms with Gasteiger partial charge in [-0.2, -0.15) is 13.2 Å². The second kappa shape index (κ2) is 7.67. The van der Waals surface area contributed by atoms with Crippen LogP contribution >= 0.6 is 0 Å². The monoisotopic (exact) mass is 371 g/mol. The summed E-state index contributed by atoms with van der Waals surface area (Å²) >= 11 is 0. The lowest BCUT2D eigenvalue weighted by atomic mass is 10.3. The quantitative estimate of drug-likeness (QED) is 0.871. The largest absolute Gasteiger partial charge is 0.433 e. The first-order valence-electron chi connectivity index (χ1n) is 7.87. The summed E-state index contributed by atoms with van der Waals surface area (Å²) in [6, 6.07) is 0.510. The SMILES string of the molecule is Cc1cc(C(F)(F)F)nc(CNC(=O)N(C)Cc2nncn2C(C)C)n1. The molecule has 2 aromatic rings. The molecular weight excluding hydrogens is 351 g/mol. The fraction of sp³-hybridized carbons (Fsp3) is 0.533. The summed E-state index contributed by atoms with van der Waals surface area (Å²) in [4.78, 5) is 20.9. The molecule has 0 atom stereocenters. The Morgan fingerprint density at radius 3 is 2.65 bits per heavy atom. The number of amides is 2. The Balaban J connectivity index is 2.00. The molecule has 0 saturated heterocycles. The van der Waals surface area contributed by atoms with Gasteiger partial charge >= 0.3 is 12.2 Å². The van der Waals surface area contributed by atoms with E-state index in [-0.39, 0.29) is 30.6 Å². The van der Waals surface area contributed by atoms with Crippen LogP contribution in [-0.2, 0) is 19.3 Å².